The molecule has 1 saturated carbocycles. The summed E-state index contributed by atoms with van der Waals surface area (Å²) in [6.07, 6.45) is 6.71. The van der Waals surface area contributed by atoms with E-state index in [-0.39, 0.29) is 0 Å². The van der Waals surface area contributed by atoms with Crippen LogP contribution in [0, 0.1) is 11.8 Å². The Labute approximate surface area is 117 Å². The van der Waals surface area contributed by atoms with Crippen molar-refractivity contribution in [3.63, 3.8) is 0 Å². The number of nitrogens with two attached hydrogens (primary N) is 1. The summed E-state index contributed by atoms with van der Waals surface area (Å²) in [7, 11) is 0. The molecule has 0 radical (unpaired) electrons. The second kappa shape index (κ2) is 5.54. The number of benzene rings is 1. The Morgan fingerprint density at radius 3 is 2.95 bits per heavy atom. The van der Waals surface area contributed by atoms with E-state index in [9.17, 15) is 0 Å². The number of nitrogens with zero attached hydrogens (tertiary/aromatic N) is 1. The summed E-state index contributed by atoms with van der Waals surface area (Å²) in [5.74, 6) is 1.67. The molecule has 3 rings (SSSR count). The first kappa shape index (κ1) is 13.0. The molecule has 1 aromatic rings. The van der Waals surface area contributed by atoms with Crippen molar-refractivity contribution >= 4 is 5.69 Å². The molecule has 2 N–H and O–H groups in total. The van der Waals surface area contributed by atoms with Gasteiger partial charge in [0.15, 0.2) is 0 Å². The number of hydrogen-bond donors (Lipinski definition) is 1. The molecule has 1 aromatic carbocycles. The van der Waals surface area contributed by atoms with Crippen LogP contribution in [0.2, 0.25) is 0 Å². The zero-order valence-electron chi connectivity index (χ0n) is 12.0. The first-order valence-electron chi connectivity index (χ1n) is 7.84. The molecule has 0 saturated heterocycles. The van der Waals surface area contributed by atoms with E-state index in [1.54, 1.807) is 0 Å². The number of anilines is 1. The molecule has 0 spiro atoms. The lowest BCUT2D eigenvalue weighted by molar-refractivity contribution is 0.243. The Bertz CT molecular complexity index is 429. The van der Waals surface area contributed by atoms with Gasteiger partial charge in [-0.3, -0.25) is 0 Å². The van der Waals surface area contributed by atoms with Crippen LogP contribution < -0.4 is 10.6 Å². The van der Waals surface area contributed by atoms with Crippen LogP contribution in [-0.4, -0.2) is 19.1 Å². The van der Waals surface area contributed by atoms with Crippen molar-refractivity contribution in [2.75, 3.05) is 18.0 Å². The van der Waals surface area contributed by atoms with Crippen molar-refractivity contribution < 1.29 is 0 Å². The largest absolute Gasteiger partial charge is 0.366 e. The molecule has 3 unspecified atom stereocenters. The van der Waals surface area contributed by atoms with Crippen LogP contribution in [-0.2, 0) is 6.42 Å². The number of rotatable bonds is 3. The molecule has 104 valence electrons. The summed E-state index contributed by atoms with van der Waals surface area (Å²) < 4.78 is 0. The lowest BCUT2D eigenvalue weighted by Crippen LogP contribution is -2.46. The molecule has 0 aromatic heterocycles. The van der Waals surface area contributed by atoms with Crippen LogP contribution in [0.4, 0.5) is 5.69 Å². The van der Waals surface area contributed by atoms with Gasteiger partial charge in [0.2, 0.25) is 0 Å². The van der Waals surface area contributed by atoms with Gasteiger partial charge >= 0.3 is 0 Å². The first-order valence-corrected chi connectivity index (χ1v) is 7.84. The quantitative estimate of drug-likeness (QED) is 0.902. The molecule has 1 heterocycles. The topological polar surface area (TPSA) is 29.3 Å². The van der Waals surface area contributed by atoms with Gasteiger partial charge < -0.3 is 10.6 Å². The second-order valence-corrected chi connectivity index (χ2v) is 6.41. The third-order valence-corrected chi connectivity index (χ3v) is 5.09. The van der Waals surface area contributed by atoms with Gasteiger partial charge in [0.05, 0.1) is 0 Å². The van der Waals surface area contributed by atoms with Gasteiger partial charge in [-0.15, -0.1) is 0 Å². The molecule has 1 aliphatic carbocycles. The maximum absolute atomic E-state index is 6.14. The van der Waals surface area contributed by atoms with Crippen molar-refractivity contribution in [2.24, 2.45) is 17.6 Å². The van der Waals surface area contributed by atoms with Gasteiger partial charge in [0.1, 0.15) is 0 Å². The normalized spacial score (nSPS) is 28.2. The van der Waals surface area contributed by atoms with Gasteiger partial charge in [-0.25, -0.2) is 0 Å². The minimum absolute atomic E-state index is 0.548. The number of hydrogen-bond acceptors (Lipinski definition) is 2. The van der Waals surface area contributed by atoms with Crippen molar-refractivity contribution in [3.05, 3.63) is 29.8 Å². The third-order valence-electron chi connectivity index (χ3n) is 5.09. The minimum atomic E-state index is 0.548. The van der Waals surface area contributed by atoms with E-state index in [1.165, 1.54) is 43.4 Å². The molecule has 0 amide bonds. The second-order valence-electron chi connectivity index (χ2n) is 6.41. The summed E-state index contributed by atoms with van der Waals surface area (Å²) in [4.78, 5) is 2.60. The van der Waals surface area contributed by atoms with Crippen molar-refractivity contribution in [1.82, 2.24) is 0 Å². The standard InChI is InChI=1S/C17H26N2/c1-13-5-4-7-15(11-13)17(12-18)19-10-9-14-6-2-3-8-16(14)19/h2-3,6,8,13,15,17H,4-5,7,9-12,18H2,1H3. The summed E-state index contributed by atoms with van der Waals surface area (Å²) >= 11 is 0. The molecule has 3 atom stereocenters. The highest BCUT2D eigenvalue weighted by Crippen LogP contribution is 2.37. The van der Waals surface area contributed by atoms with Gasteiger partial charge in [-0.2, -0.15) is 0 Å². The van der Waals surface area contributed by atoms with E-state index in [2.05, 4.69) is 36.1 Å². The van der Waals surface area contributed by atoms with E-state index in [1.807, 2.05) is 0 Å². The Morgan fingerprint density at radius 2 is 2.16 bits per heavy atom. The fourth-order valence-corrected chi connectivity index (χ4v) is 4.11. The zero-order chi connectivity index (χ0) is 13.2. The first-order chi connectivity index (χ1) is 9.29. The summed E-state index contributed by atoms with van der Waals surface area (Å²) in [6.45, 7) is 4.36. The van der Waals surface area contributed by atoms with Crippen LogP contribution in [0.15, 0.2) is 24.3 Å². The van der Waals surface area contributed by atoms with Gasteiger partial charge in [0.25, 0.3) is 0 Å². The van der Waals surface area contributed by atoms with Gasteiger partial charge in [-0.1, -0.05) is 38.0 Å². The molecule has 0 bridgehead atoms. The Balaban J connectivity index is 1.80. The van der Waals surface area contributed by atoms with Gasteiger partial charge in [0, 0.05) is 24.8 Å². The average Bonchev–Trinajstić information content (AvgIpc) is 2.84. The Morgan fingerprint density at radius 1 is 1.32 bits per heavy atom. The highest BCUT2D eigenvalue weighted by atomic mass is 15.2. The molecule has 19 heavy (non-hydrogen) atoms. The predicted molar refractivity (Wildman–Crippen MR) is 81.5 cm³/mol. The molecule has 2 aliphatic rings. The van der Waals surface area contributed by atoms with Gasteiger partial charge in [-0.05, 0) is 42.7 Å². The fraction of sp³-hybridized carbons (Fsp3) is 0.647. The van der Waals surface area contributed by atoms with E-state index >= 15 is 0 Å². The molecule has 1 fully saturated rings. The molecule has 2 nitrogen and oxygen atoms in total. The molecular weight excluding hydrogens is 232 g/mol. The van der Waals surface area contributed by atoms with E-state index in [0.717, 1.165) is 24.9 Å². The monoisotopic (exact) mass is 258 g/mol. The van der Waals surface area contributed by atoms with Crippen LogP contribution >= 0.6 is 0 Å². The van der Waals surface area contributed by atoms with Crippen molar-refractivity contribution in [1.29, 1.82) is 0 Å². The van der Waals surface area contributed by atoms with Crippen LogP contribution in [0.3, 0.4) is 0 Å². The minimum Gasteiger partial charge on any atom is -0.366 e. The Kier molecular flexibility index (Phi) is 3.79. The highest BCUT2D eigenvalue weighted by Gasteiger charge is 2.32. The summed E-state index contributed by atoms with van der Waals surface area (Å²) in [5.41, 5.74) is 9.09. The number of para-hydroxylation sites is 1. The highest BCUT2D eigenvalue weighted by molar-refractivity contribution is 5.58. The fourth-order valence-electron chi connectivity index (χ4n) is 4.11. The summed E-state index contributed by atoms with van der Waals surface area (Å²) in [5, 5.41) is 0. The van der Waals surface area contributed by atoms with E-state index < -0.39 is 0 Å². The lowest BCUT2D eigenvalue weighted by Gasteiger charge is -2.39. The zero-order valence-corrected chi connectivity index (χ0v) is 12.0. The van der Waals surface area contributed by atoms with Crippen LogP contribution in [0.1, 0.15) is 38.2 Å². The predicted octanol–water partition coefficient (Wildman–Crippen LogP) is 3.20. The molecule has 1 aliphatic heterocycles. The molecular formula is C17H26N2. The third kappa shape index (κ3) is 2.51. The van der Waals surface area contributed by atoms with Crippen molar-refractivity contribution in [2.45, 2.75) is 45.1 Å². The maximum atomic E-state index is 6.14. The molecule has 2 heteroatoms. The average molecular weight is 258 g/mol. The maximum Gasteiger partial charge on any atom is 0.0440 e. The SMILES string of the molecule is CC1CCCC(C(CN)N2CCc3ccccc32)C1. The van der Waals surface area contributed by atoms with E-state index in [4.69, 9.17) is 5.73 Å². The summed E-state index contributed by atoms with van der Waals surface area (Å²) in [6, 6.07) is 9.41. The lowest BCUT2D eigenvalue weighted by atomic mass is 9.78. The van der Waals surface area contributed by atoms with Crippen LogP contribution in [0.25, 0.3) is 0 Å². The Hall–Kier alpha value is -1.02. The smallest absolute Gasteiger partial charge is 0.0440 e. The number of fused-ring (bicyclic) bond motifs is 1. The van der Waals surface area contributed by atoms with Crippen LogP contribution in [0.5, 0.6) is 0 Å². The van der Waals surface area contributed by atoms with E-state index in [0.29, 0.717) is 6.04 Å². The van der Waals surface area contributed by atoms with Crippen molar-refractivity contribution in [3.8, 4) is 0 Å².